The smallest absolute Gasteiger partial charge is 0.377 e. The number of hydrogen-bond acceptors (Lipinski definition) is 4. The Bertz CT molecular complexity index is 490. The molecule has 2 aromatic rings. The molecule has 1 aromatic heterocycles. The highest BCUT2D eigenvalue weighted by molar-refractivity contribution is 5.90. The minimum absolute atomic E-state index is 0.117. The summed E-state index contributed by atoms with van der Waals surface area (Å²) in [6, 6.07) is 6.89. The van der Waals surface area contributed by atoms with Crippen molar-refractivity contribution in [1.82, 2.24) is 9.71 Å². The minimum Gasteiger partial charge on any atom is -0.463 e. The van der Waals surface area contributed by atoms with Gasteiger partial charge in [-0.2, -0.15) is 4.73 Å². The summed E-state index contributed by atoms with van der Waals surface area (Å²) in [7, 11) is 1.24. The third-order valence-electron chi connectivity index (χ3n) is 1.90. The van der Waals surface area contributed by atoms with E-state index < -0.39 is 5.97 Å². The van der Waals surface area contributed by atoms with Crippen molar-refractivity contribution < 1.29 is 14.7 Å². The first-order chi connectivity index (χ1) is 6.74. The van der Waals surface area contributed by atoms with E-state index in [-0.39, 0.29) is 5.82 Å². The number of esters is 1. The molecule has 0 aliphatic rings. The summed E-state index contributed by atoms with van der Waals surface area (Å²) in [6.07, 6.45) is 0. The number of fused-ring (bicyclic) bond motifs is 1. The SMILES string of the molecule is COC(=O)c1nc2ccccc2n1O. The van der Waals surface area contributed by atoms with Crippen LogP contribution in [0.5, 0.6) is 0 Å². The zero-order valence-electron chi connectivity index (χ0n) is 7.47. The van der Waals surface area contributed by atoms with Crippen LogP contribution in [0, 0.1) is 0 Å². The molecule has 0 amide bonds. The Labute approximate surface area is 79.5 Å². The fraction of sp³-hybridized carbons (Fsp3) is 0.111. The van der Waals surface area contributed by atoms with Crippen LogP contribution < -0.4 is 0 Å². The number of aromatic nitrogens is 2. The molecule has 0 aliphatic carbocycles. The molecule has 0 saturated heterocycles. The maximum Gasteiger partial charge on any atom is 0.377 e. The summed E-state index contributed by atoms with van der Waals surface area (Å²) in [5.74, 6) is -0.780. The Balaban J connectivity index is 2.68. The van der Waals surface area contributed by atoms with Crippen molar-refractivity contribution in [1.29, 1.82) is 0 Å². The molecule has 0 fully saturated rings. The van der Waals surface area contributed by atoms with E-state index in [1.807, 2.05) is 0 Å². The lowest BCUT2D eigenvalue weighted by Gasteiger charge is -1.97. The van der Waals surface area contributed by atoms with Crippen LogP contribution in [0.15, 0.2) is 24.3 Å². The molecule has 0 atom stereocenters. The van der Waals surface area contributed by atoms with Crippen LogP contribution in [0.2, 0.25) is 0 Å². The molecule has 1 N–H and O–H groups in total. The van der Waals surface area contributed by atoms with Gasteiger partial charge in [0.15, 0.2) is 0 Å². The molecule has 0 bridgehead atoms. The Hall–Kier alpha value is -2.04. The van der Waals surface area contributed by atoms with E-state index in [1.54, 1.807) is 24.3 Å². The van der Waals surface area contributed by atoms with Crippen molar-refractivity contribution in [3.63, 3.8) is 0 Å². The zero-order chi connectivity index (χ0) is 10.1. The zero-order valence-corrected chi connectivity index (χ0v) is 7.47. The predicted octanol–water partition coefficient (Wildman–Crippen LogP) is 1.06. The molecule has 5 heteroatoms. The van der Waals surface area contributed by atoms with E-state index in [1.165, 1.54) is 7.11 Å². The van der Waals surface area contributed by atoms with E-state index in [2.05, 4.69) is 9.72 Å². The number of benzene rings is 1. The molecule has 1 aromatic carbocycles. The second-order valence-electron chi connectivity index (χ2n) is 2.73. The molecule has 72 valence electrons. The Kier molecular flexibility index (Phi) is 1.85. The molecule has 0 radical (unpaired) electrons. The summed E-state index contributed by atoms with van der Waals surface area (Å²) < 4.78 is 5.19. The van der Waals surface area contributed by atoms with E-state index in [0.717, 1.165) is 4.73 Å². The highest BCUT2D eigenvalue weighted by atomic mass is 16.5. The van der Waals surface area contributed by atoms with Crippen molar-refractivity contribution in [3.8, 4) is 0 Å². The number of nitrogens with zero attached hydrogens (tertiary/aromatic N) is 2. The monoisotopic (exact) mass is 192 g/mol. The molecule has 0 aliphatic heterocycles. The first-order valence-corrected chi connectivity index (χ1v) is 3.99. The summed E-state index contributed by atoms with van der Waals surface area (Å²) in [5.41, 5.74) is 1.03. The van der Waals surface area contributed by atoms with Gasteiger partial charge < -0.3 is 9.94 Å². The first-order valence-electron chi connectivity index (χ1n) is 3.99. The van der Waals surface area contributed by atoms with Crippen molar-refractivity contribution in [2.24, 2.45) is 0 Å². The lowest BCUT2D eigenvalue weighted by molar-refractivity contribution is 0.0544. The number of para-hydroxylation sites is 2. The van der Waals surface area contributed by atoms with E-state index in [9.17, 15) is 10.0 Å². The minimum atomic E-state index is -0.663. The van der Waals surface area contributed by atoms with Crippen LogP contribution >= 0.6 is 0 Å². The third kappa shape index (κ3) is 1.10. The topological polar surface area (TPSA) is 64.3 Å². The van der Waals surface area contributed by atoms with Gasteiger partial charge in [-0.15, -0.1) is 0 Å². The van der Waals surface area contributed by atoms with Gasteiger partial charge in [-0.25, -0.2) is 9.78 Å². The van der Waals surface area contributed by atoms with Crippen molar-refractivity contribution in [2.75, 3.05) is 7.11 Å². The molecule has 14 heavy (non-hydrogen) atoms. The molecule has 0 spiro atoms. The molecule has 0 unspecified atom stereocenters. The fourth-order valence-corrected chi connectivity index (χ4v) is 1.24. The predicted molar refractivity (Wildman–Crippen MR) is 48.3 cm³/mol. The van der Waals surface area contributed by atoms with E-state index in [0.29, 0.717) is 11.0 Å². The summed E-state index contributed by atoms with van der Waals surface area (Å²) in [5, 5.41) is 9.54. The van der Waals surface area contributed by atoms with Gasteiger partial charge in [-0.05, 0) is 12.1 Å². The van der Waals surface area contributed by atoms with Crippen LogP contribution in [0.3, 0.4) is 0 Å². The average Bonchev–Trinajstić information content (AvgIpc) is 2.56. The normalized spacial score (nSPS) is 10.4. The van der Waals surface area contributed by atoms with Gasteiger partial charge in [0.05, 0.1) is 12.6 Å². The van der Waals surface area contributed by atoms with Gasteiger partial charge >= 0.3 is 5.97 Å². The van der Waals surface area contributed by atoms with Crippen molar-refractivity contribution in [2.45, 2.75) is 0 Å². The van der Waals surface area contributed by atoms with Gasteiger partial charge in [-0.3, -0.25) is 0 Å². The number of ether oxygens (including phenoxy) is 1. The molecule has 1 heterocycles. The molecule has 0 saturated carbocycles. The molecular formula is C9H8N2O3. The van der Waals surface area contributed by atoms with Crippen LogP contribution in [0.25, 0.3) is 11.0 Å². The fourth-order valence-electron chi connectivity index (χ4n) is 1.24. The number of methoxy groups -OCH3 is 1. The second kappa shape index (κ2) is 3.02. The maximum atomic E-state index is 11.1. The Morgan fingerprint density at radius 1 is 1.50 bits per heavy atom. The van der Waals surface area contributed by atoms with Crippen LogP contribution in [-0.4, -0.2) is 28.0 Å². The lowest BCUT2D eigenvalue weighted by atomic mass is 10.3. The molecule has 2 rings (SSSR count). The van der Waals surface area contributed by atoms with E-state index >= 15 is 0 Å². The number of carbonyl (C=O) groups is 1. The van der Waals surface area contributed by atoms with Gasteiger partial charge in [0, 0.05) is 0 Å². The van der Waals surface area contributed by atoms with Crippen molar-refractivity contribution >= 4 is 17.0 Å². The standard InChI is InChI=1S/C9H8N2O3/c1-14-9(12)8-10-6-4-2-3-5-7(6)11(8)13/h2-5,13H,1H3. The Morgan fingerprint density at radius 3 is 2.86 bits per heavy atom. The second-order valence-corrected chi connectivity index (χ2v) is 2.73. The molecular weight excluding hydrogens is 184 g/mol. The summed E-state index contributed by atoms with van der Waals surface area (Å²) in [4.78, 5) is 15.1. The van der Waals surface area contributed by atoms with Gasteiger partial charge in [0.2, 0.25) is 0 Å². The highest BCUT2D eigenvalue weighted by Gasteiger charge is 2.16. The van der Waals surface area contributed by atoms with Gasteiger partial charge in [0.25, 0.3) is 5.82 Å². The molecule has 5 nitrogen and oxygen atoms in total. The number of rotatable bonds is 1. The maximum absolute atomic E-state index is 11.1. The quantitative estimate of drug-likeness (QED) is 0.542. The summed E-state index contributed by atoms with van der Waals surface area (Å²) >= 11 is 0. The summed E-state index contributed by atoms with van der Waals surface area (Å²) in [6.45, 7) is 0. The largest absolute Gasteiger partial charge is 0.463 e. The van der Waals surface area contributed by atoms with Gasteiger partial charge in [-0.1, -0.05) is 12.1 Å². The number of hydrogen-bond donors (Lipinski definition) is 1. The highest BCUT2D eigenvalue weighted by Crippen LogP contribution is 2.14. The van der Waals surface area contributed by atoms with E-state index in [4.69, 9.17) is 0 Å². The van der Waals surface area contributed by atoms with Crippen molar-refractivity contribution in [3.05, 3.63) is 30.1 Å². The number of carbonyl (C=O) groups excluding carboxylic acids is 1. The number of imidazole rings is 1. The first kappa shape index (κ1) is 8.55. The van der Waals surface area contributed by atoms with Gasteiger partial charge in [0.1, 0.15) is 5.52 Å². The van der Waals surface area contributed by atoms with Crippen LogP contribution in [0.1, 0.15) is 10.6 Å². The van der Waals surface area contributed by atoms with Crippen LogP contribution in [-0.2, 0) is 4.74 Å². The Morgan fingerprint density at radius 2 is 2.21 bits per heavy atom. The average molecular weight is 192 g/mol. The third-order valence-corrected chi connectivity index (χ3v) is 1.90. The van der Waals surface area contributed by atoms with Crippen LogP contribution in [0.4, 0.5) is 0 Å². The lowest BCUT2D eigenvalue weighted by Crippen LogP contribution is -2.09.